The van der Waals surface area contributed by atoms with Gasteiger partial charge in [0.05, 0.1) is 10.0 Å². The maximum absolute atomic E-state index is 6.03. The molecule has 0 spiro atoms. The molecule has 94 valence electrons. The molecule has 0 amide bonds. The Morgan fingerprint density at radius 1 is 1.06 bits per heavy atom. The molecular weight excluding hydrogens is 446 g/mol. The van der Waals surface area contributed by atoms with Gasteiger partial charge in [0.15, 0.2) is 0 Å². The van der Waals surface area contributed by atoms with Crippen LogP contribution in [0.25, 0.3) is 0 Å². The first-order valence-corrected chi connectivity index (χ1v) is 8.15. The van der Waals surface area contributed by atoms with E-state index in [0.717, 1.165) is 6.42 Å². The van der Waals surface area contributed by atoms with Crippen LogP contribution in [-0.4, -0.2) is 0 Å². The highest BCUT2D eigenvalue weighted by atomic mass is 127. The van der Waals surface area contributed by atoms with Crippen LogP contribution in [0.3, 0.4) is 0 Å². The van der Waals surface area contributed by atoms with Crippen LogP contribution in [0.4, 0.5) is 0 Å². The molecule has 1 atom stereocenters. The lowest BCUT2D eigenvalue weighted by atomic mass is 10.0. The van der Waals surface area contributed by atoms with Crippen molar-refractivity contribution in [1.82, 2.24) is 0 Å². The zero-order valence-corrected chi connectivity index (χ0v) is 14.6. The molecule has 0 fully saturated rings. The van der Waals surface area contributed by atoms with E-state index in [0.29, 0.717) is 10.0 Å². The summed E-state index contributed by atoms with van der Waals surface area (Å²) >= 11 is 18.0. The molecule has 2 aromatic rings. The molecule has 0 aliphatic heterocycles. The molecule has 0 bridgehead atoms. The van der Waals surface area contributed by atoms with Crippen molar-refractivity contribution in [3.63, 3.8) is 0 Å². The van der Waals surface area contributed by atoms with Gasteiger partial charge in [-0.3, -0.25) is 0 Å². The third-order valence-electron chi connectivity index (χ3n) is 2.64. The van der Waals surface area contributed by atoms with Crippen molar-refractivity contribution in [2.75, 3.05) is 0 Å². The lowest BCUT2D eigenvalue weighted by Crippen LogP contribution is -1.97. The number of hydrogen-bond acceptors (Lipinski definition) is 0. The van der Waals surface area contributed by atoms with Gasteiger partial charge in [0.25, 0.3) is 0 Å². The third kappa shape index (κ3) is 3.62. The average Bonchev–Trinajstić information content (AvgIpc) is 2.34. The summed E-state index contributed by atoms with van der Waals surface area (Å²) in [5.41, 5.74) is 2.47. The standard InChI is InChI=1S/C14H10BrCl2I/c15-11(10-3-1-2-4-14(10)18)7-9-5-6-12(16)13(17)8-9/h1-6,8,11H,7H2. The van der Waals surface area contributed by atoms with Gasteiger partial charge in [-0.05, 0) is 58.3 Å². The summed E-state index contributed by atoms with van der Waals surface area (Å²) in [6.45, 7) is 0. The lowest BCUT2D eigenvalue weighted by Gasteiger charge is -2.12. The first kappa shape index (κ1) is 14.6. The Morgan fingerprint density at radius 3 is 2.44 bits per heavy atom. The first-order valence-electron chi connectivity index (χ1n) is 5.40. The average molecular weight is 456 g/mol. The molecule has 0 N–H and O–H groups in total. The fraction of sp³-hybridized carbons (Fsp3) is 0.143. The van der Waals surface area contributed by atoms with Gasteiger partial charge in [-0.15, -0.1) is 0 Å². The van der Waals surface area contributed by atoms with E-state index in [-0.39, 0.29) is 4.83 Å². The maximum atomic E-state index is 6.03. The van der Waals surface area contributed by atoms with Crippen LogP contribution >= 0.6 is 61.7 Å². The summed E-state index contributed by atoms with van der Waals surface area (Å²) < 4.78 is 1.26. The zero-order valence-electron chi connectivity index (χ0n) is 9.34. The second-order valence-electron chi connectivity index (χ2n) is 3.94. The van der Waals surface area contributed by atoms with Crippen molar-refractivity contribution >= 4 is 61.7 Å². The number of alkyl halides is 1. The Morgan fingerprint density at radius 2 is 1.78 bits per heavy atom. The topological polar surface area (TPSA) is 0 Å². The minimum atomic E-state index is 0.280. The van der Waals surface area contributed by atoms with Crippen molar-refractivity contribution in [3.8, 4) is 0 Å². The molecule has 4 heteroatoms. The molecule has 0 radical (unpaired) electrons. The Bertz CT molecular complexity index is 557. The molecule has 2 aromatic carbocycles. The molecular formula is C14H10BrCl2I. The van der Waals surface area contributed by atoms with E-state index in [4.69, 9.17) is 23.2 Å². The van der Waals surface area contributed by atoms with E-state index in [2.05, 4.69) is 56.7 Å². The number of benzene rings is 2. The van der Waals surface area contributed by atoms with E-state index in [1.165, 1.54) is 14.7 Å². The number of halogens is 4. The maximum Gasteiger partial charge on any atom is 0.0595 e. The Kier molecular flexibility index (Phi) is 5.36. The van der Waals surface area contributed by atoms with Gasteiger partial charge >= 0.3 is 0 Å². The first-order chi connectivity index (χ1) is 8.58. The van der Waals surface area contributed by atoms with Gasteiger partial charge in [-0.2, -0.15) is 0 Å². The smallest absolute Gasteiger partial charge is 0.0595 e. The molecule has 0 heterocycles. The second-order valence-corrected chi connectivity index (χ2v) is 7.02. The molecule has 0 nitrogen and oxygen atoms in total. The summed E-state index contributed by atoms with van der Waals surface area (Å²) in [5.74, 6) is 0. The lowest BCUT2D eigenvalue weighted by molar-refractivity contribution is 0.943. The van der Waals surface area contributed by atoms with Crippen LogP contribution in [0.5, 0.6) is 0 Å². The van der Waals surface area contributed by atoms with Gasteiger partial charge in [-0.25, -0.2) is 0 Å². The van der Waals surface area contributed by atoms with E-state index in [1.54, 1.807) is 0 Å². The minimum absolute atomic E-state index is 0.280. The predicted octanol–water partition coefficient (Wildman–Crippen LogP) is 6.28. The van der Waals surface area contributed by atoms with Crippen molar-refractivity contribution < 1.29 is 0 Å². The molecule has 2 rings (SSSR count). The van der Waals surface area contributed by atoms with Crippen molar-refractivity contribution in [3.05, 3.63) is 67.2 Å². The molecule has 1 unspecified atom stereocenters. The SMILES string of the molecule is Clc1ccc(CC(Br)c2ccccc2I)cc1Cl. The monoisotopic (exact) mass is 454 g/mol. The molecule has 0 aliphatic carbocycles. The van der Waals surface area contributed by atoms with Crippen LogP contribution in [0, 0.1) is 3.57 Å². The van der Waals surface area contributed by atoms with Gasteiger partial charge in [-0.1, -0.05) is 63.4 Å². The van der Waals surface area contributed by atoms with Gasteiger partial charge in [0.2, 0.25) is 0 Å². The van der Waals surface area contributed by atoms with Crippen molar-refractivity contribution in [2.45, 2.75) is 11.2 Å². The zero-order chi connectivity index (χ0) is 13.1. The Hall–Kier alpha value is 0.230. The minimum Gasteiger partial charge on any atom is -0.0835 e. The van der Waals surface area contributed by atoms with Crippen LogP contribution in [0.1, 0.15) is 16.0 Å². The fourth-order valence-corrected chi connectivity index (χ4v) is 4.00. The van der Waals surface area contributed by atoms with Gasteiger partial charge in [0.1, 0.15) is 0 Å². The third-order valence-corrected chi connectivity index (χ3v) is 5.18. The molecule has 0 aliphatic rings. The second kappa shape index (κ2) is 6.60. The van der Waals surface area contributed by atoms with Crippen molar-refractivity contribution in [1.29, 1.82) is 0 Å². The summed E-state index contributed by atoms with van der Waals surface area (Å²) in [4.78, 5) is 0.280. The predicted molar refractivity (Wildman–Crippen MR) is 91.0 cm³/mol. The van der Waals surface area contributed by atoms with E-state index >= 15 is 0 Å². The van der Waals surface area contributed by atoms with E-state index in [9.17, 15) is 0 Å². The molecule has 0 saturated heterocycles. The van der Waals surface area contributed by atoms with E-state index < -0.39 is 0 Å². The summed E-state index contributed by atoms with van der Waals surface area (Å²) in [6, 6.07) is 14.1. The Labute approximate surface area is 139 Å². The molecule has 18 heavy (non-hydrogen) atoms. The van der Waals surface area contributed by atoms with Crippen LogP contribution < -0.4 is 0 Å². The Balaban J connectivity index is 2.19. The number of rotatable bonds is 3. The highest BCUT2D eigenvalue weighted by Gasteiger charge is 2.12. The van der Waals surface area contributed by atoms with Crippen molar-refractivity contribution in [2.24, 2.45) is 0 Å². The fourth-order valence-electron chi connectivity index (χ4n) is 1.71. The number of hydrogen-bond donors (Lipinski definition) is 0. The summed E-state index contributed by atoms with van der Waals surface area (Å²) in [5, 5.41) is 1.21. The van der Waals surface area contributed by atoms with E-state index in [1.807, 2.05) is 24.3 Å². The highest BCUT2D eigenvalue weighted by molar-refractivity contribution is 14.1. The largest absolute Gasteiger partial charge is 0.0835 e. The quantitative estimate of drug-likeness (QED) is 0.377. The molecule has 0 aromatic heterocycles. The molecule has 0 saturated carbocycles. The summed E-state index contributed by atoms with van der Waals surface area (Å²) in [7, 11) is 0. The highest BCUT2D eigenvalue weighted by Crippen LogP contribution is 2.32. The van der Waals surface area contributed by atoms with Gasteiger partial charge < -0.3 is 0 Å². The normalized spacial score (nSPS) is 12.4. The summed E-state index contributed by atoms with van der Waals surface area (Å²) in [6.07, 6.45) is 0.886. The van der Waals surface area contributed by atoms with Crippen LogP contribution in [-0.2, 0) is 6.42 Å². The van der Waals surface area contributed by atoms with Gasteiger partial charge in [0, 0.05) is 8.40 Å². The van der Waals surface area contributed by atoms with Crippen LogP contribution in [0.15, 0.2) is 42.5 Å². The van der Waals surface area contributed by atoms with Crippen LogP contribution in [0.2, 0.25) is 10.0 Å².